The lowest BCUT2D eigenvalue weighted by Gasteiger charge is -2.06. The minimum atomic E-state index is -0.258. The van der Waals surface area contributed by atoms with Crippen LogP contribution in [0.3, 0.4) is 0 Å². The zero-order chi connectivity index (χ0) is 11.3. The van der Waals surface area contributed by atoms with Gasteiger partial charge in [-0.15, -0.1) is 0 Å². The minimum Gasteiger partial charge on any atom is -0.398 e. The summed E-state index contributed by atoms with van der Waals surface area (Å²) in [6.07, 6.45) is 0. The second-order valence-electron chi connectivity index (χ2n) is 3.02. The molecule has 0 aromatic heterocycles. The van der Waals surface area contributed by atoms with Gasteiger partial charge in [0.2, 0.25) is 0 Å². The Balaban J connectivity index is 3.17. The van der Waals surface area contributed by atoms with Gasteiger partial charge in [-0.1, -0.05) is 29.4 Å². The first-order chi connectivity index (χ1) is 7.20. The predicted octanol–water partition coefficient (Wildman–Crippen LogP) is 1.09. The third-order valence-corrected chi connectivity index (χ3v) is 2.02. The minimum absolute atomic E-state index is 0.258. The monoisotopic (exact) mass is 206 g/mol. The Kier molecular flexibility index (Phi) is 3.85. The molecular formula is C11H14N2O2. The lowest BCUT2D eigenvalue weighted by Crippen LogP contribution is -2.29. The maximum atomic E-state index is 11.5. The molecule has 0 fully saturated rings. The third-order valence-electron chi connectivity index (χ3n) is 2.02. The number of carbonyl (C=O) groups excluding carboxylic acids is 1. The molecule has 0 aliphatic carbocycles. The van der Waals surface area contributed by atoms with Crippen molar-refractivity contribution in [3.05, 3.63) is 35.4 Å². The van der Waals surface area contributed by atoms with Gasteiger partial charge in [0.1, 0.15) is 7.11 Å². The molecule has 0 spiro atoms. The van der Waals surface area contributed by atoms with Crippen molar-refractivity contribution in [3.63, 3.8) is 0 Å². The van der Waals surface area contributed by atoms with Crippen LogP contribution in [0.1, 0.15) is 11.1 Å². The van der Waals surface area contributed by atoms with Crippen molar-refractivity contribution >= 4 is 11.6 Å². The fourth-order valence-electron chi connectivity index (χ4n) is 1.26. The van der Waals surface area contributed by atoms with Gasteiger partial charge in [0.15, 0.2) is 5.71 Å². The van der Waals surface area contributed by atoms with Crippen molar-refractivity contribution in [2.75, 3.05) is 14.2 Å². The number of benzene rings is 1. The number of oxime groups is 1. The van der Waals surface area contributed by atoms with Crippen LogP contribution in [0, 0.1) is 6.92 Å². The van der Waals surface area contributed by atoms with Crippen LogP contribution in [0.5, 0.6) is 0 Å². The Morgan fingerprint density at radius 2 is 2.07 bits per heavy atom. The summed E-state index contributed by atoms with van der Waals surface area (Å²) in [6, 6.07) is 7.52. The molecule has 1 aromatic rings. The fraction of sp³-hybridized carbons (Fsp3) is 0.273. The molecule has 0 radical (unpaired) electrons. The number of nitrogens with zero attached hydrogens (tertiary/aromatic N) is 1. The summed E-state index contributed by atoms with van der Waals surface area (Å²) >= 11 is 0. The molecule has 1 aromatic carbocycles. The van der Waals surface area contributed by atoms with Crippen LogP contribution < -0.4 is 5.32 Å². The van der Waals surface area contributed by atoms with Gasteiger partial charge in [-0.25, -0.2) is 0 Å². The van der Waals surface area contributed by atoms with Gasteiger partial charge in [0.05, 0.1) is 0 Å². The molecule has 0 unspecified atom stereocenters. The van der Waals surface area contributed by atoms with Crippen LogP contribution in [-0.2, 0) is 9.63 Å². The molecule has 4 nitrogen and oxygen atoms in total. The van der Waals surface area contributed by atoms with Crippen LogP contribution >= 0.6 is 0 Å². The Bertz CT molecular complexity index is 386. The molecule has 0 bridgehead atoms. The van der Waals surface area contributed by atoms with E-state index in [1.807, 2.05) is 31.2 Å². The van der Waals surface area contributed by atoms with Crippen LogP contribution in [0.4, 0.5) is 0 Å². The average Bonchev–Trinajstić information content (AvgIpc) is 2.26. The number of rotatable bonds is 3. The van der Waals surface area contributed by atoms with E-state index in [0.29, 0.717) is 0 Å². The molecule has 4 heteroatoms. The number of carbonyl (C=O) groups is 1. The first-order valence-corrected chi connectivity index (χ1v) is 4.60. The second kappa shape index (κ2) is 5.14. The van der Waals surface area contributed by atoms with E-state index in [1.165, 1.54) is 7.11 Å². The number of hydrogen-bond acceptors (Lipinski definition) is 3. The van der Waals surface area contributed by atoms with Gasteiger partial charge in [0, 0.05) is 12.6 Å². The molecule has 0 aliphatic rings. The molecule has 0 saturated carbocycles. The predicted molar refractivity (Wildman–Crippen MR) is 58.8 cm³/mol. The molecule has 0 atom stereocenters. The highest BCUT2D eigenvalue weighted by Crippen LogP contribution is 2.09. The molecule has 80 valence electrons. The van der Waals surface area contributed by atoms with Crippen molar-refractivity contribution in [2.24, 2.45) is 5.16 Å². The zero-order valence-corrected chi connectivity index (χ0v) is 9.07. The van der Waals surface area contributed by atoms with E-state index in [0.717, 1.165) is 11.1 Å². The normalized spacial score (nSPS) is 11.0. The second-order valence-corrected chi connectivity index (χ2v) is 3.02. The number of likely N-dealkylation sites (N-methyl/N-ethyl adjacent to an activating group) is 1. The zero-order valence-electron chi connectivity index (χ0n) is 9.07. The largest absolute Gasteiger partial charge is 0.398 e. The molecule has 0 saturated heterocycles. The lowest BCUT2D eigenvalue weighted by atomic mass is 10.0. The SMILES string of the molecule is CNC(=O)C(=NOC)c1ccccc1C. The maximum Gasteiger partial charge on any atom is 0.273 e. The van der Waals surface area contributed by atoms with E-state index in [1.54, 1.807) is 7.05 Å². The first kappa shape index (κ1) is 11.2. The summed E-state index contributed by atoms with van der Waals surface area (Å²) in [4.78, 5) is 16.2. The van der Waals surface area contributed by atoms with E-state index in [2.05, 4.69) is 15.3 Å². The Labute approximate surface area is 88.9 Å². The van der Waals surface area contributed by atoms with Crippen LogP contribution in [0.2, 0.25) is 0 Å². The third kappa shape index (κ3) is 2.56. The van der Waals surface area contributed by atoms with E-state index in [4.69, 9.17) is 0 Å². The molecule has 0 aliphatic heterocycles. The van der Waals surface area contributed by atoms with E-state index in [-0.39, 0.29) is 11.6 Å². The summed E-state index contributed by atoms with van der Waals surface area (Å²) in [5.74, 6) is -0.258. The number of nitrogens with one attached hydrogen (secondary N) is 1. The summed E-state index contributed by atoms with van der Waals surface area (Å²) in [5, 5.41) is 6.26. The van der Waals surface area contributed by atoms with Crippen LogP contribution in [-0.4, -0.2) is 25.8 Å². The summed E-state index contributed by atoms with van der Waals surface area (Å²) in [6.45, 7) is 1.92. The number of amides is 1. The average molecular weight is 206 g/mol. The Morgan fingerprint density at radius 1 is 1.40 bits per heavy atom. The lowest BCUT2D eigenvalue weighted by molar-refractivity contribution is -0.114. The highest BCUT2D eigenvalue weighted by atomic mass is 16.6. The molecule has 1 rings (SSSR count). The smallest absolute Gasteiger partial charge is 0.273 e. The van der Waals surface area contributed by atoms with Gasteiger partial charge in [-0.3, -0.25) is 4.79 Å². The van der Waals surface area contributed by atoms with Gasteiger partial charge in [-0.2, -0.15) is 0 Å². The fourth-order valence-corrected chi connectivity index (χ4v) is 1.26. The standard InChI is InChI=1S/C11H14N2O2/c1-8-6-4-5-7-9(8)10(13-15-3)11(14)12-2/h4-7H,1-3H3,(H,12,14). The van der Waals surface area contributed by atoms with Crippen molar-refractivity contribution in [3.8, 4) is 0 Å². The van der Waals surface area contributed by atoms with Crippen molar-refractivity contribution < 1.29 is 9.63 Å². The van der Waals surface area contributed by atoms with E-state index in [9.17, 15) is 4.79 Å². The highest BCUT2D eigenvalue weighted by Gasteiger charge is 2.14. The molecule has 1 amide bonds. The molecule has 15 heavy (non-hydrogen) atoms. The first-order valence-electron chi connectivity index (χ1n) is 4.60. The molecule has 0 heterocycles. The summed E-state index contributed by atoms with van der Waals surface area (Å²) in [5.41, 5.74) is 2.05. The van der Waals surface area contributed by atoms with Crippen LogP contribution in [0.25, 0.3) is 0 Å². The molecular weight excluding hydrogens is 192 g/mol. The number of hydrogen-bond donors (Lipinski definition) is 1. The van der Waals surface area contributed by atoms with Crippen molar-refractivity contribution in [1.29, 1.82) is 0 Å². The van der Waals surface area contributed by atoms with Crippen molar-refractivity contribution in [2.45, 2.75) is 6.92 Å². The van der Waals surface area contributed by atoms with Gasteiger partial charge >= 0.3 is 0 Å². The Hall–Kier alpha value is -1.84. The topological polar surface area (TPSA) is 50.7 Å². The van der Waals surface area contributed by atoms with Gasteiger partial charge in [0.25, 0.3) is 5.91 Å². The van der Waals surface area contributed by atoms with Crippen molar-refractivity contribution in [1.82, 2.24) is 5.32 Å². The van der Waals surface area contributed by atoms with Gasteiger partial charge in [-0.05, 0) is 12.5 Å². The molecule has 1 N–H and O–H groups in total. The van der Waals surface area contributed by atoms with Crippen LogP contribution in [0.15, 0.2) is 29.4 Å². The van der Waals surface area contributed by atoms with E-state index < -0.39 is 0 Å². The van der Waals surface area contributed by atoms with Gasteiger partial charge < -0.3 is 10.2 Å². The van der Waals surface area contributed by atoms with E-state index >= 15 is 0 Å². The Morgan fingerprint density at radius 3 is 2.60 bits per heavy atom. The highest BCUT2D eigenvalue weighted by molar-refractivity contribution is 6.45. The maximum absolute atomic E-state index is 11.5. The number of aryl methyl sites for hydroxylation is 1. The summed E-state index contributed by atoms with van der Waals surface area (Å²) in [7, 11) is 2.98. The quantitative estimate of drug-likeness (QED) is 0.594. The summed E-state index contributed by atoms with van der Waals surface area (Å²) < 4.78 is 0.